The van der Waals surface area contributed by atoms with Crippen LogP contribution in [0.4, 0.5) is 5.69 Å². The van der Waals surface area contributed by atoms with Crippen molar-refractivity contribution < 1.29 is 33.5 Å². The lowest BCUT2D eigenvalue weighted by molar-refractivity contribution is -0.686. The number of carbonyl (C=O) groups is 3. The maximum Gasteiger partial charge on any atom is 0.370 e. The molecule has 3 aromatic carbocycles. The highest BCUT2D eigenvalue weighted by atomic mass is 35.5. The number of hydrogen-bond acceptors (Lipinski definition) is 5. The van der Waals surface area contributed by atoms with E-state index >= 15 is 0 Å². The Morgan fingerprint density at radius 2 is 1.79 bits per heavy atom. The summed E-state index contributed by atoms with van der Waals surface area (Å²) in [5.74, 6) is -0.242. The number of rotatable bonds is 11. The summed E-state index contributed by atoms with van der Waals surface area (Å²) >= 11 is 13.3. The average Bonchev–Trinajstić information content (AvgIpc) is 3.26. The lowest BCUT2D eigenvalue weighted by atomic mass is 9.76. The molecule has 0 bridgehead atoms. The molecular weight excluding hydrogens is 641 g/mol. The van der Waals surface area contributed by atoms with E-state index in [0.29, 0.717) is 50.5 Å². The van der Waals surface area contributed by atoms with Crippen LogP contribution in [0, 0.1) is 0 Å². The van der Waals surface area contributed by atoms with Crippen LogP contribution in [0.1, 0.15) is 59.4 Å². The predicted octanol–water partition coefficient (Wildman–Crippen LogP) is 6.46. The molecule has 47 heavy (non-hydrogen) atoms. The number of methoxy groups -OCH3 is 2. The zero-order valence-electron chi connectivity index (χ0n) is 26.8. The van der Waals surface area contributed by atoms with Crippen LogP contribution in [-0.4, -0.2) is 48.6 Å². The summed E-state index contributed by atoms with van der Waals surface area (Å²) in [5.41, 5.74) is 2.48. The van der Waals surface area contributed by atoms with E-state index in [1.165, 1.54) is 0 Å². The van der Waals surface area contributed by atoms with Crippen LogP contribution in [0.15, 0.2) is 79.1 Å². The fourth-order valence-electron chi connectivity index (χ4n) is 6.23. The number of halogens is 2. The first-order valence-corrected chi connectivity index (χ1v) is 15.8. The number of carboxylic acid groups (broad SMARTS) is 1. The Morgan fingerprint density at radius 3 is 2.47 bits per heavy atom. The number of carbonyl (C=O) groups excluding carboxylic acids is 2. The van der Waals surface area contributed by atoms with Gasteiger partial charge in [0.1, 0.15) is 16.9 Å². The van der Waals surface area contributed by atoms with Crippen molar-refractivity contribution >= 4 is 46.7 Å². The maximum absolute atomic E-state index is 14.6. The normalized spacial score (nSPS) is 16.1. The highest BCUT2D eigenvalue weighted by molar-refractivity contribution is 6.33. The van der Waals surface area contributed by atoms with E-state index in [2.05, 4.69) is 0 Å². The van der Waals surface area contributed by atoms with Crippen LogP contribution in [0.25, 0.3) is 0 Å². The molecule has 0 spiro atoms. The van der Waals surface area contributed by atoms with Gasteiger partial charge in [0.05, 0.1) is 26.8 Å². The number of anilines is 1. The molecule has 0 fully saturated rings. The molecular formula is C36H36Cl2N3O6+. The van der Waals surface area contributed by atoms with Gasteiger partial charge in [-0.15, -0.1) is 0 Å². The first-order valence-electron chi connectivity index (χ1n) is 15.1. The van der Waals surface area contributed by atoms with Crippen LogP contribution in [-0.2, 0) is 28.1 Å². The van der Waals surface area contributed by atoms with Crippen molar-refractivity contribution in [3.63, 3.8) is 0 Å². The number of pyridine rings is 1. The van der Waals surface area contributed by atoms with E-state index in [4.69, 9.17) is 32.7 Å². The van der Waals surface area contributed by atoms with Gasteiger partial charge in [-0.25, -0.2) is 4.79 Å². The maximum atomic E-state index is 14.6. The molecule has 5 rings (SSSR count). The van der Waals surface area contributed by atoms with Crippen molar-refractivity contribution in [3.05, 3.63) is 117 Å². The third kappa shape index (κ3) is 6.38. The van der Waals surface area contributed by atoms with Crippen molar-refractivity contribution in [1.82, 2.24) is 4.90 Å². The second-order valence-corrected chi connectivity index (χ2v) is 12.4. The molecule has 2 unspecified atom stereocenters. The van der Waals surface area contributed by atoms with Crippen molar-refractivity contribution in [1.29, 1.82) is 0 Å². The number of fused-ring (bicyclic) bond motifs is 1. The number of benzene rings is 3. The van der Waals surface area contributed by atoms with Gasteiger partial charge in [-0.3, -0.25) is 9.59 Å². The molecule has 11 heteroatoms. The van der Waals surface area contributed by atoms with Crippen LogP contribution < -0.4 is 18.9 Å². The first-order chi connectivity index (χ1) is 22.4. The summed E-state index contributed by atoms with van der Waals surface area (Å²) in [4.78, 5) is 43.3. The first kappa shape index (κ1) is 33.8. The largest absolute Gasteiger partial charge is 0.497 e. The number of nitrogens with zero attached hydrogens (tertiary/aromatic N) is 3. The van der Waals surface area contributed by atoms with Gasteiger partial charge >= 0.3 is 5.97 Å². The summed E-state index contributed by atoms with van der Waals surface area (Å²) in [5, 5.41) is 10.0. The summed E-state index contributed by atoms with van der Waals surface area (Å²) in [6.45, 7) is 5.98. The Morgan fingerprint density at radius 1 is 1.02 bits per heavy atom. The molecule has 0 saturated carbocycles. The van der Waals surface area contributed by atoms with Crippen LogP contribution in [0.2, 0.25) is 10.0 Å². The fourth-order valence-corrected chi connectivity index (χ4v) is 6.71. The van der Waals surface area contributed by atoms with Gasteiger partial charge in [-0.1, -0.05) is 23.2 Å². The van der Waals surface area contributed by atoms with E-state index in [1.54, 1.807) is 90.4 Å². The number of carboxylic acids is 1. The predicted molar refractivity (Wildman–Crippen MR) is 179 cm³/mol. The monoisotopic (exact) mass is 676 g/mol. The Bertz CT molecular complexity index is 1860. The summed E-state index contributed by atoms with van der Waals surface area (Å²) < 4.78 is 12.5. The van der Waals surface area contributed by atoms with Crippen molar-refractivity contribution in [2.24, 2.45) is 0 Å². The van der Waals surface area contributed by atoms with Crippen molar-refractivity contribution in [2.75, 3.05) is 25.7 Å². The van der Waals surface area contributed by atoms with Crippen LogP contribution >= 0.6 is 23.2 Å². The molecule has 0 saturated heterocycles. The highest BCUT2D eigenvalue weighted by Crippen LogP contribution is 2.50. The number of hydrogen-bond donors (Lipinski definition) is 1. The number of aliphatic carboxylic acids is 1. The van der Waals surface area contributed by atoms with Gasteiger partial charge in [0, 0.05) is 51.1 Å². The second-order valence-electron chi connectivity index (χ2n) is 11.5. The molecule has 2 amide bonds. The molecule has 9 nitrogen and oxygen atoms in total. The van der Waals surface area contributed by atoms with Gasteiger partial charge < -0.3 is 24.4 Å². The molecule has 4 aromatic rings. The molecule has 1 N–H and O–H groups in total. The van der Waals surface area contributed by atoms with E-state index in [9.17, 15) is 19.5 Å². The third-order valence-corrected chi connectivity index (χ3v) is 9.35. The Kier molecular flexibility index (Phi) is 9.79. The zero-order chi connectivity index (χ0) is 34.0. The third-order valence-electron chi connectivity index (χ3n) is 8.79. The van der Waals surface area contributed by atoms with E-state index < -0.39 is 11.4 Å². The van der Waals surface area contributed by atoms with Gasteiger partial charge in [0.25, 0.3) is 5.91 Å². The Labute approximate surface area is 283 Å². The van der Waals surface area contributed by atoms with E-state index in [0.717, 1.165) is 11.1 Å². The molecule has 244 valence electrons. The molecule has 0 aliphatic carbocycles. The zero-order valence-corrected chi connectivity index (χ0v) is 28.3. The average molecular weight is 678 g/mol. The summed E-state index contributed by atoms with van der Waals surface area (Å²) in [6, 6.07) is 19.0. The van der Waals surface area contributed by atoms with Crippen LogP contribution in [0.5, 0.6) is 11.5 Å². The smallest absolute Gasteiger partial charge is 0.370 e. The highest BCUT2D eigenvalue weighted by Gasteiger charge is 2.50. The minimum atomic E-state index is -1.27. The van der Waals surface area contributed by atoms with Crippen LogP contribution in [0.3, 0.4) is 0 Å². The summed E-state index contributed by atoms with van der Waals surface area (Å²) in [6.07, 6.45) is 3.40. The molecule has 0 radical (unpaired) electrons. The number of ether oxygens (including phenoxy) is 2. The topological polar surface area (TPSA) is 100 Å². The van der Waals surface area contributed by atoms with Gasteiger partial charge in [-0.05, 0) is 86.5 Å². The standard InChI is InChI=1S/C36H35Cl2N3O6/c1-6-40(22(2)24-8-7-15-39(19-24)21-33(42)43)34(44)23-10-13-30(38)28(16-23)36(3)29-17-26(37)11-14-31(29)41(35(36)45)20-25-9-12-27(46-4)18-32(25)47-5/h7-19,22H,6,20-21H2,1-5H3/p+1. The minimum absolute atomic E-state index is 0.193. The molecule has 1 aliphatic rings. The lowest BCUT2D eigenvalue weighted by Crippen LogP contribution is -2.40. The molecule has 1 aromatic heterocycles. The molecule has 1 aliphatic heterocycles. The lowest BCUT2D eigenvalue weighted by Gasteiger charge is -2.30. The number of aromatic nitrogens is 1. The minimum Gasteiger partial charge on any atom is -0.497 e. The SMILES string of the molecule is CCN(C(=O)c1ccc(Cl)c(C2(C)C(=O)N(Cc3ccc(OC)cc3OC)c3ccc(Cl)cc32)c1)C(C)c1ccc[n+](CC(=O)O)c1. The fraction of sp³-hybridized carbons (Fsp3) is 0.278. The van der Waals surface area contributed by atoms with E-state index in [-0.39, 0.29) is 30.9 Å². The van der Waals surface area contributed by atoms with E-state index in [1.807, 2.05) is 38.1 Å². The van der Waals surface area contributed by atoms with Gasteiger partial charge in [0.15, 0.2) is 12.4 Å². The molecule has 2 atom stereocenters. The van der Waals surface area contributed by atoms with Gasteiger partial charge in [-0.2, -0.15) is 4.57 Å². The number of amides is 2. The summed E-state index contributed by atoms with van der Waals surface area (Å²) in [7, 11) is 3.14. The van der Waals surface area contributed by atoms with Crippen molar-refractivity contribution in [3.8, 4) is 11.5 Å². The van der Waals surface area contributed by atoms with Gasteiger partial charge in [0.2, 0.25) is 12.5 Å². The Hall–Kier alpha value is -4.60. The quantitative estimate of drug-likeness (QED) is 0.183. The second kappa shape index (κ2) is 13.6. The van der Waals surface area contributed by atoms with Crippen molar-refractivity contribution in [2.45, 2.75) is 45.3 Å². The Balaban J connectivity index is 1.53. The molecule has 2 heterocycles.